The molecule has 1 unspecified atom stereocenters. The zero-order valence-electron chi connectivity index (χ0n) is 4.43. The molecule has 2 nitrogen and oxygen atoms in total. The van der Waals surface area contributed by atoms with Gasteiger partial charge in [-0.05, 0) is 6.92 Å². The number of ether oxygens (including phenoxy) is 1. The second-order valence-corrected chi connectivity index (χ2v) is 2.12. The van der Waals surface area contributed by atoms with Gasteiger partial charge in [-0.15, -0.1) is 0 Å². The second-order valence-electron chi connectivity index (χ2n) is 1.19. The molecule has 0 aromatic heterocycles. The molecule has 0 fully saturated rings. The number of hydrogen-bond acceptors (Lipinski definition) is 3. The molecule has 4 heteroatoms. The molecular weight excluding hydrogens is 148 g/mol. The van der Waals surface area contributed by atoms with Crippen molar-refractivity contribution in [2.75, 3.05) is 5.75 Å². The van der Waals surface area contributed by atoms with Crippen LogP contribution in [-0.2, 0) is 9.53 Å². The topological polar surface area (TPSA) is 26.3 Å². The van der Waals surface area contributed by atoms with Crippen molar-refractivity contribution in [3.05, 3.63) is 0 Å². The lowest BCUT2D eigenvalue weighted by molar-refractivity contribution is -0.141. The zero-order valence-corrected chi connectivity index (χ0v) is 6.08. The van der Waals surface area contributed by atoms with E-state index < -0.39 is 11.5 Å². The minimum absolute atomic E-state index is 0.0804. The fourth-order valence-electron chi connectivity index (χ4n) is 0.218. The first-order valence-electron chi connectivity index (χ1n) is 2.11. The van der Waals surface area contributed by atoms with E-state index in [9.17, 15) is 4.79 Å². The van der Waals surface area contributed by atoms with Gasteiger partial charge in [-0.3, -0.25) is 4.79 Å². The standard InChI is InChI=1S/C4H7ClO2S/c1-3(5)7-4(6)2-8/h3,8H,2H2,1H3. The summed E-state index contributed by atoms with van der Waals surface area (Å²) in [6.07, 6.45) is 0. The van der Waals surface area contributed by atoms with Crippen LogP contribution in [-0.4, -0.2) is 17.3 Å². The fourth-order valence-corrected chi connectivity index (χ4v) is 0.392. The smallest absolute Gasteiger partial charge is 0.317 e. The molecule has 0 aromatic carbocycles. The maximum absolute atomic E-state index is 10.2. The zero-order chi connectivity index (χ0) is 6.57. The van der Waals surface area contributed by atoms with Gasteiger partial charge in [0.25, 0.3) is 0 Å². The second kappa shape index (κ2) is 4.04. The molecule has 0 saturated carbocycles. The Hall–Kier alpha value is 0.110. The van der Waals surface area contributed by atoms with Crippen LogP contribution in [0.4, 0.5) is 0 Å². The van der Waals surface area contributed by atoms with Gasteiger partial charge in [-0.25, -0.2) is 0 Å². The van der Waals surface area contributed by atoms with Crippen molar-refractivity contribution in [2.45, 2.75) is 12.5 Å². The van der Waals surface area contributed by atoms with Crippen LogP contribution in [0.2, 0.25) is 0 Å². The number of alkyl halides is 1. The lowest BCUT2D eigenvalue weighted by Crippen LogP contribution is -2.09. The number of carbonyl (C=O) groups excluding carboxylic acids is 1. The first-order valence-corrected chi connectivity index (χ1v) is 3.18. The number of halogens is 1. The van der Waals surface area contributed by atoms with Gasteiger partial charge in [0.1, 0.15) is 0 Å². The number of carbonyl (C=O) groups is 1. The van der Waals surface area contributed by atoms with Gasteiger partial charge < -0.3 is 4.74 Å². The van der Waals surface area contributed by atoms with E-state index in [0.29, 0.717) is 0 Å². The molecule has 0 aliphatic rings. The largest absolute Gasteiger partial charge is 0.446 e. The number of esters is 1. The highest BCUT2D eigenvalue weighted by Gasteiger charge is 2.01. The van der Waals surface area contributed by atoms with Crippen LogP contribution >= 0.6 is 24.2 Å². The van der Waals surface area contributed by atoms with Gasteiger partial charge in [0.2, 0.25) is 0 Å². The Kier molecular flexibility index (Phi) is 4.09. The summed E-state index contributed by atoms with van der Waals surface area (Å²) in [4.78, 5) is 10.2. The van der Waals surface area contributed by atoms with Crippen molar-refractivity contribution in [1.29, 1.82) is 0 Å². The molecule has 0 N–H and O–H groups in total. The Morgan fingerprint density at radius 1 is 2.00 bits per heavy atom. The molecule has 0 aliphatic carbocycles. The molecule has 1 atom stereocenters. The predicted octanol–water partition coefficient (Wildman–Crippen LogP) is 1.04. The van der Waals surface area contributed by atoms with Crippen LogP contribution in [0.1, 0.15) is 6.92 Å². The maximum Gasteiger partial charge on any atom is 0.317 e. The van der Waals surface area contributed by atoms with E-state index in [2.05, 4.69) is 17.4 Å². The summed E-state index contributed by atoms with van der Waals surface area (Å²) in [7, 11) is 0. The minimum Gasteiger partial charge on any atom is -0.446 e. The maximum atomic E-state index is 10.2. The Bertz CT molecular complexity index is 84.1. The van der Waals surface area contributed by atoms with E-state index in [-0.39, 0.29) is 5.75 Å². The van der Waals surface area contributed by atoms with Crippen molar-refractivity contribution in [3.8, 4) is 0 Å². The van der Waals surface area contributed by atoms with Gasteiger partial charge in [-0.1, -0.05) is 11.6 Å². The van der Waals surface area contributed by atoms with Gasteiger partial charge in [-0.2, -0.15) is 12.6 Å². The van der Waals surface area contributed by atoms with Crippen LogP contribution in [0.15, 0.2) is 0 Å². The molecule has 0 bridgehead atoms. The molecular formula is C4H7ClO2S. The van der Waals surface area contributed by atoms with Crippen molar-refractivity contribution < 1.29 is 9.53 Å². The molecule has 0 aliphatic heterocycles. The van der Waals surface area contributed by atoms with Gasteiger partial charge in [0.15, 0.2) is 5.56 Å². The average Bonchev–Trinajstić information content (AvgIpc) is 1.65. The van der Waals surface area contributed by atoms with E-state index in [1.165, 1.54) is 0 Å². The van der Waals surface area contributed by atoms with Crippen LogP contribution in [0.25, 0.3) is 0 Å². The molecule has 0 aromatic rings. The molecule has 0 rings (SSSR count). The lowest BCUT2D eigenvalue weighted by atomic mass is 10.7. The predicted molar refractivity (Wildman–Crippen MR) is 35.3 cm³/mol. The number of thiol groups is 1. The van der Waals surface area contributed by atoms with Crippen LogP contribution < -0.4 is 0 Å². The number of rotatable bonds is 2. The summed E-state index contributed by atoms with van der Waals surface area (Å²) in [5.74, 6) is -0.312. The molecule has 8 heavy (non-hydrogen) atoms. The first kappa shape index (κ1) is 8.11. The van der Waals surface area contributed by atoms with Crippen molar-refractivity contribution in [3.63, 3.8) is 0 Å². The highest BCUT2D eigenvalue weighted by molar-refractivity contribution is 7.81. The fraction of sp³-hybridized carbons (Fsp3) is 0.750. The lowest BCUT2D eigenvalue weighted by Gasteiger charge is -2.01. The SMILES string of the molecule is CC(Cl)OC(=O)CS. The summed E-state index contributed by atoms with van der Waals surface area (Å²) in [5.41, 5.74) is -0.547. The van der Waals surface area contributed by atoms with Crippen molar-refractivity contribution in [1.82, 2.24) is 0 Å². The van der Waals surface area contributed by atoms with E-state index >= 15 is 0 Å². The first-order chi connectivity index (χ1) is 3.66. The van der Waals surface area contributed by atoms with Gasteiger partial charge in [0, 0.05) is 0 Å². The normalized spacial score (nSPS) is 12.9. The third-order valence-corrected chi connectivity index (χ3v) is 0.770. The average molecular weight is 155 g/mol. The number of hydrogen-bond donors (Lipinski definition) is 1. The molecule has 0 spiro atoms. The summed E-state index contributed by atoms with van der Waals surface area (Å²) < 4.78 is 4.45. The van der Waals surface area contributed by atoms with Gasteiger partial charge in [0.05, 0.1) is 5.75 Å². The quantitative estimate of drug-likeness (QED) is 0.366. The summed E-state index contributed by atoms with van der Waals surface area (Å²) in [6, 6.07) is 0. The van der Waals surface area contributed by atoms with Crippen molar-refractivity contribution >= 4 is 30.2 Å². The molecule has 48 valence electrons. The highest BCUT2D eigenvalue weighted by Crippen LogP contribution is 1.96. The van der Waals surface area contributed by atoms with Crippen LogP contribution in [0.3, 0.4) is 0 Å². The van der Waals surface area contributed by atoms with E-state index in [1.807, 2.05) is 0 Å². The third kappa shape index (κ3) is 4.27. The molecule has 0 heterocycles. The third-order valence-electron chi connectivity index (χ3n) is 0.423. The Labute approximate surface area is 58.6 Å². The summed E-state index contributed by atoms with van der Waals surface area (Å²) in [6.45, 7) is 1.57. The van der Waals surface area contributed by atoms with Crippen LogP contribution in [0, 0.1) is 0 Å². The monoisotopic (exact) mass is 154 g/mol. The van der Waals surface area contributed by atoms with E-state index in [4.69, 9.17) is 11.6 Å². The molecule has 0 radical (unpaired) electrons. The summed E-state index contributed by atoms with van der Waals surface area (Å²) >= 11 is 8.93. The van der Waals surface area contributed by atoms with E-state index in [1.54, 1.807) is 6.92 Å². The molecule has 0 amide bonds. The van der Waals surface area contributed by atoms with E-state index in [0.717, 1.165) is 0 Å². The van der Waals surface area contributed by atoms with Gasteiger partial charge >= 0.3 is 5.97 Å². The highest BCUT2D eigenvalue weighted by atomic mass is 35.5. The summed E-state index contributed by atoms with van der Waals surface area (Å²) in [5, 5.41) is 0. The Morgan fingerprint density at radius 2 is 2.50 bits per heavy atom. The minimum atomic E-state index is -0.547. The Morgan fingerprint density at radius 3 is 2.62 bits per heavy atom. The Balaban J connectivity index is 3.25. The molecule has 0 saturated heterocycles. The van der Waals surface area contributed by atoms with Crippen molar-refractivity contribution in [2.24, 2.45) is 0 Å². The van der Waals surface area contributed by atoms with Crippen LogP contribution in [0.5, 0.6) is 0 Å².